The molecule has 0 aliphatic heterocycles. The second-order valence-electron chi connectivity index (χ2n) is 14.5. The number of nitrogens with one attached hydrogen (secondary N) is 1. The second-order valence-corrected chi connectivity index (χ2v) is 14.5. The third-order valence-corrected chi connectivity index (χ3v) is 9.87. The van der Waals surface area contributed by atoms with Crippen molar-refractivity contribution in [1.82, 2.24) is 5.32 Å². The van der Waals surface area contributed by atoms with E-state index in [4.69, 9.17) is 0 Å². The van der Waals surface area contributed by atoms with Crippen molar-refractivity contribution in [1.29, 1.82) is 0 Å². The molecule has 44 heavy (non-hydrogen) atoms. The Kier molecular flexibility index (Phi) is 36.0. The van der Waals surface area contributed by atoms with Gasteiger partial charge in [0.1, 0.15) is 0 Å². The van der Waals surface area contributed by atoms with E-state index < -0.39 is 0 Å². The number of unbranched alkanes of at least 4 members (excludes halogenated alkanes) is 30. The average Bonchev–Trinajstić information content (AvgIpc) is 3.02. The van der Waals surface area contributed by atoms with E-state index >= 15 is 0 Å². The molecule has 2 nitrogen and oxygen atoms in total. The summed E-state index contributed by atoms with van der Waals surface area (Å²) in [5.41, 5.74) is 0.633. The maximum Gasteiger partial charge on any atom is 0.246 e. The van der Waals surface area contributed by atoms with Crippen molar-refractivity contribution in [3.8, 4) is 0 Å². The maximum atomic E-state index is 12.1. The Morgan fingerprint density at radius 3 is 0.886 bits per heavy atom. The summed E-state index contributed by atoms with van der Waals surface area (Å²) < 4.78 is 0. The molecule has 0 unspecified atom stereocenters. The summed E-state index contributed by atoms with van der Waals surface area (Å²) in [7, 11) is 0. The Bertz CT molecular complexity index is 548. The lowest BCUT2D eigenvalue weighted by atomic mass is 9.93. The minimum absolute atomic E-state index is 0.0361. The van der Waals surface area contributed by atoms with E-state index in [0.29, 0.717) is 11.5 Å². The first-order chi connectivity index (χ1) is 21.6. The van der Waals surface area contributed by atoms with Gasteiger partial charge in [0.25, 0.3) is 0 Å². The highest BCUT2D eigenvalue weighted by atomic mass is 16.1. The third-order valence-electron chi connectivity index (χ3n) is 9.87. The van der Waals surface area contributed by atoms with Crippen molar-refractivity contribution < 1.29 is 4.79 Å². The molecule has 0 aliphatic rings. The molecule has 0 spiro atoms. The first kappa shape index (κ1) is 43.2. The van der Waals surface area contributed by atoms with E-state index in [1.165, 1.54) is 218 Å². The number of rotatable bonds is 37. The third kappa shape index (κ3) is 34.1. The smallest absolute Gasteiger partial charge is 0.246 e. The number of hydrogen-bond donors (Lipinski definition) is 1. The van der Waals surface area contributed by atoms with Crippen molar-refractivity contribution in [2.45, 2.75) is 239 Å². The van der Waals surface area contributed by atoms with Crippen LogP contribution in [0.5, 0.6) is 0 Å². The van der Waals surface area contributed by atoms with Gasteiger partial charge in [-0.15, -0.1) is 0 Å². The molecular formula is C42H83NO. The molecule has 0 fully saturated rings. The molecule has 0 saturated heterocycles. The predicted molar refractivity (Wildman–Crippen MR) is 200 cm³/mol. The predicted octanol–water partition coefficient (Wildman–Crippen LogP) is 14.6. The van der Waals surface area contributed by atoms with Crippen LogP contribution >= 0.6 is 0 Å². The van der Waals surface area contributed by atoms with Crippen LogP contribution < -0.4 is 5.32 Å². The molecule has 0 aromatic heterocycles. The molecule has 262 valence electrons. The van der Waals surface area contributed by atoms with Crippen LogP contribution in [0.3, 0.4) is 0 Å². The fraction of sp³-hybridized carbons (Fsp3) is 0.929. The van der Waals surface area contributed by atoms with E-state index in [1.54, 1.807) is 0 Å². The SMILES string of the molecule is C=C(C)C(=O)NCC(CCCCCCCCCCCCCCCCCC)CCCCCCCCCCCCCCCCCC. The van der Waals surface area contributed by atoms with Gasteiger partial charge in [-0.05, 0) is 25.7 Å². The lowest BCUT2D eigenvalue weighted by molar-refractivity contribution is -0.117. The molecule has 0 aliphatic carbocycles. The number of carbonyl (C=O) groups is 1. The van der Waals surface area contributed by atoms with Gasteiger partial charge in [0.15, 0.2) is 0 Å². The van der Waals surface area contributed by atoms with Gasteiger partial charge >= 0.3 is 0 Å². The van der Waals surface area contributed by atoms with Crippen LogP contribution in [0.25, 0.3) is 0 Å². The van der Waals surface area contributed by atoms with Crippen molar-refractivity contribution in [2.75, 3.05) is 6.54 Å². The first-order valence-electron chi connectivity index (χ1n) is 20.6. The van der Waals surface area contributed by atoms with Gasteiger partial charge < -0.3 is 5.32 Å². The summed E-state index contributed by atoms with van der Waals surface area (Å²) in [6, 6.07) is 0. The molecule has 0 radical (unpaired) electrons. The molecule has 1 amide bonds. The number of hydrogen-bond acceptors (Lipinski definition) is 1. The van der Waals surface area contributed by atoms with Crippen LogP contribution in [0.1, 0.15) is 239 Å². The minimum atomic E-state index is 0.0361. The monoisotopic (exact) mass is 618 g/mol. The molecule has 0 atom stereocenters. The lowest BCUT2D eigenvalue weighted by Crippen LogP contribution is -2.29. The second kappa shape index (κ2) is 36.7. The number of amides is 1. The van der Waals surface area contributed by atoms with Crippen molar-refractivity contribution in [3.63, 3.8) is 0 Å². The van der Waals surface area contributed by atoms with E-state index in [0.717, 1.165) is 6.54 Å². The summed E-state index contributed by atoms with van der Waals surface area (Å²) in [6.07, 6.45) is 48.1. The molecule has 0 heterocycles. The van der Waals surface area contributed by atoms with Gasteiger partial charge in [-0.2, -0.15) is 0 Å². The molecule has 0 aromatic rings. The van der Waals surface area contributed by atoms with E-state index in [-0.39, 0.29) is 5.91 Å². The van der Waals surface area contributed by atoms with Crippen molar-refractivity contribution >= 4 is 5.91 Å². The van der Waals surface area contributed by atoms with Crippen LogP contribution in [-0.2, 0) is 4.79 Å². The Labute approximate surface area is 279 Å². The highest BCUT2D eigenvalue weighted by Crippen LogP contribution is 2.20. The summed E-state index contributed by atoms with van der Waals surface area (Å²) in [6.45, 7) is 11.1. The van der Waals surface area contributed by atoms with E-state index in [2.05, 4.69) is 25.7 Å². The fourth-order valence-corrected chi connectivity index (χ4v) is 6.70. The molecule has 0 aromatic carbocycles. The molecule has 0 rings (SSSR count). The Hall–Kier alpha value is -0.790. The largest absolute Gasteiger partial charge is 0.352 e. The zero-order valence-electron chi connectivity index (χ0n) is 30.9. The van der Waals surface area contributed by atoms with Gasteiger partial charge in [-0.1, -0.05) is 226 Å². The van der Waals surface area contributed by atoms with Gasteiger partial charge in [-0.3, -0.25) is 4.79 Å². The van der Waals surface area contributed by atoms with Crippen LogP contribution in [0.4, 0.5) is 0 Å². The topological polar surface area (TPSA) is 29.1 Å². The molecule has 0 saturated carbocycles. The van der Waals surface area contributed by atoms with Crippen molar-refractivity contribution in [2.24, 2.45) is 5.92 Å². The summed E-state index contributed by atoms with van der Waals surface area (Å²) in [4.78, 5) is 12.1. The highest BCUT2D eigenvalue weighted by molar-refractivity contribution is 5.92. The van der Waals surface area contributed by atoms with Gasteiger partial charge in [0, 0.05) is 12.1 Å². The zero-order chi connectivity index (χ0) is 32.2. The summed E-state index contributed by atoms with van der Waals surface area (Å²) in [5, 5.41) is 3.15. The summed E-state index contributed by atoms with van der Waals surface area (Å²) >= 11 is 0. The quantitative estimate of drug-likeness (QED) is 0.0545. The van der Waals surface area contributed by atoms with E-state index in [1.807, 2.05) is 6.92 Å². The van der Waals surface area contributed by atoms with Crippen LogP contribution in [0.2, 0.25) is 0 Å². The highest BCUT2D eigenvalue weighted by Gasteiger charge is 2.11. The Morgan fingerprint density at radius 2 is 0.659 bits per heavy atom. The summed E-state index contributed by atoms with van der Waals surface area (Å²) in [5.74, 6) is 0.672. The fourth-order valence-electron chi connectivity index (χ4n) is 6.70. The molecular weight excluding hydrogens is 534 g/mol. The molecule has 1 N–H and O–H groups in total. The maximum absolute atomic E-state index is 12.1. The Morgan fingerprint density at radius 1 is 0.432 bits per heavy atom. The van der Waals surface area contributed by atoms with Gasteiger partial charge in [0.05, 0.1) is 0 Å². The standard InChI is InChI=1S/C42H83NO/c1-5-7-9-11-13-15-17-19-21-23-25-27-29-31-33-35-37-41(39-43-42(44)40(3)4)38-36-34-32-30-28-26-24-22-20-18-16-14-12-10-8-6-2/h41H,3,5-39H2,1-2,4H3,(H,43,44). The molecule has 2 heteroatoms. The lowest BCUT2D eigenvalue weighted by Gasteiger charge is -2.18. The number of carbonyl (C=O) groups excluding carboxylic acids is 1. The van der Waals surface area contributed by atoms with E-state index in [9.17, 15) is 4.79 Å². The zero-order valence-corrected chi connectivity index (χ0v) is 30.9. The van der Waals surface area contributed by atoms with Crippen molar-refractivity contribution in [3.05, 3.63) is 12.2 Å². The normalized spacial score (nSPS) is 11.5. The van der Waals surface area contributed by atoms with Crippen LogP contribution in [0.15, 0.2) is 12.2 Å². The molecule has 0 bridgehead atoms. The van der Waals surface area contributed by atoms with Gasteiger partial charge in [-0.25, -0.2) is 0 Å². The Balaban J connectivity index is 3.72. The first-order valence-corrected chi connectivity index (χ1v) is 20.6. The van der Waals surface area contributed by atoms with Crippen LogP contribution in [0, 0.1) is 5.92 Å². The average molecular weight is 618 g/mol. The van der Waals surface area contributed by atoms with Gasteiger partial charge in [0.2, 0.25) is 5.91 Å². The van der Waals surface area contributed by atoms with Crippen LogP contribution in [-0.4, -0.2) is 12.5 Å². The minimum Gasteiger partial charge on any atom is -0.352 e.